The first-order valence-electron chi connectivity index (χ1n) is 7.22. The molecular weight excluding hydrogens is 371 g/mol. The van der Waals surface area contributed by atoms with E-state index in [0.29, 0.717) is 28.7 Å². The second-order valence-corrected chi connectivity index (χ2v) is 6.96. The summed E-state index contributed by atoms with van der Waals surface area (Å²) < 4.78 is 0. The number of benzene rings is 1. The molecule has 2 aromatic rings. The summed E-state index contributed by atoms with van der Waals surface area (Å²) in [6, 6.07) is 5.19. The summed E-state index contributed by atoms with van der Waals surface area (Å²) in [6.07, 6.45) is 0.652. The number of likely N-dealkylation sites (N-methyl/N-ethyl adjacent to an activating group) is 1. The molecule has 24 heavy (non-hydrogen) atoms. The third-order valence-electron chi connectivity index (χ3n) is 3.36. The molecule has 1 aromatic carbocycles. The smallest absolute Gasteiger partial charge is 0.303 e. The number of carboxylic acid groups (broad SMARTS) is 1. The number of hydrogen-bond donors (Lipinski definition) is 1. The van der Waals surface area contributed by atoms with Crippen LogP contribution in [-0.4, -0.2) is 40.5 Å². The first-order chi connectivity index (χ1) is 11.4. The van der Waals surface area contributed by atoms with Crippen molar-refractivity contribution in [2.75, 3.05) is 13.6 Å². The highest BCUT2D eigenvalue weighted by atomic mass is 35.5. The number of thiazole rings is 1. The fourth-order valence-corrected chi connectivity index (χ4v) is 3.47. The highest BCUT2D eigenvalue weighted by molar-refractivity contribution is 7.13. The average Bonchev–Trinajstić information content (AvgIpc) is 2.94. The van der Waals surface area contributed by atoms with Crippen LogP contribution in [0.25, 0.3) is 10.6 Å². The van der Waals surface area contributed by atoms with Crippen LogP contribution < -0.4 is 0 Å². The second-order valence-electron chi connectivity index (χ2n) is 5.26. The van der Waals surface area contributed by atoms with Crippen molar-refractivity contribution >= 4 is 46.4 Å². The van der Waals surface area contributed by atoms with Gasteiger partial charge >= 0.3 is 5.97 Å². The summed E-state index contributed by atoms with van der Waals surface area (Å²) in [7, 11) is 1.66. The standard InChI is InChI=1S/C16H16Cl2N2O3S/c1-20(6-2-3-15(22)23)14(21)8-11-9-24-16(19-11)12-5-4-10(17)7-13(12)18/h4-5,7,9H,2-3,6,8H2,1H3,(H,22,23). The Bertz CT molecular complexity index is 749. The molecule has 0 spiro atoms. The fourth-order valence-electron chi connectivity index (χ4n) is 2.06. The van der Waals surface area contributed by atoms with Crippen molar-refractivity contribution in [1.29, 1.82) is 0 Å². The van der Waals surface area contributed by atoms with Crippen molar-refractivity contribution in [1.82, 2.24) is 9.88 Å². The van der Waals surface area contributed by atoms with Crippen LogP contribution in [0, 0.1) is 0 Å². The largest absolute Gasteiger partial charge is 0.481 e. The first-order valence-corrected chi connectivity index (χ1v) is 8.86. The van der Waals surface area contributed by atoms with E-state index in [9.17, 15) is 9.59 Å². The van der Waals surface area contributed by atoms with Gasteiger partial charge in [-0.05, 0) is 24.6 Å². The molecule has 0 bridgehead atoms. The average molecular weight is 387 g/mol. The van der Waals surface area contributed by atoms with E-state index < -0.39 is 5.97 Å². The molecule has 0 aliphatic rings. The number of carboxylic acids is 1. The minimum Gasteiger partial charge on any atom is -0.481 e. The number of amides is 1. The van der Waals surface area contributed by atoms with Crippen LogP contribution in [0.3, 0.4) is 0 Å². The van der Waals surface area contributed by atoms with Crippen molar-refractivity contribution < 1.29 is 14.7 Å². The predicted molar refractivity (Wildman–Crippen MR) is 95.8 cm³/mol. The van der Waals surface area contributed by atoms with Crippen molar-refractivity contribution in [3.05, 3.63) is 39.3 Å². The zero-order chi connectivity index (χ0) is 17.7. The quantitative estimate of drug-likeness (QED) is 0.780. The van der Waals surface area contributed by atoms with E-state index in [4.69, 9.17) is 28.3 Å². The lowest BCUT2D eigenvalue weighted by Gasteiger charge is -2.15. The molecule has 0 aliphatic carbocycles. The number of nitrogens with zero attached hydrogens (tertiary/aromatic N) is 2. The fraction of sp³-hybridized carbons (Fsp3) is 0.312. The number of aliphatic carboxylic acids is 1. The molecule has 1 aromatic heterocycles. The number of aromatic nitrogens is 1. The first kappa shape index (κ1) is 18.7. The molecule has 1 heterocycles. The van der Waals surface area contributed by atoms with Gasteiger partial charge in [0.1, 0.15) is 5.01 Å². The van der Waals surface area contributed by atoms with Crippen molar-refractivity contribution in [2.45, 2.75) is 19.3 Å². The Balaban J connectivity index is 1.98. The van der Waals surface area contributed by atoms with Crippen LogP contribution in [0.2, 0.25) is 10.0 Å². The minimum absolute atomic E-state index is 0.0491. The third-order valence-corrected chi connectivity index (χ3v) is 4.83. The number of rotatable bonds is 7. The summed E-state index contributed by atoms with van der Waals surface area (Å²) in [5.74, 6) is -0.959. The van der Waals surface area contributed by atoms with E-state index in [0.717, 1.165) is 10.6 Å². The molecular formula is C16H16Cl2N2O3S. The minimum atomic E-state index is -0.861. The molecule has 1 N–H and O–H groups in total. The Morgan fingerprint density at radius 2 is 2.08 bits per heavy atom. The highest BCUT2D eigenvalue weighted by Gasteiger charge is 2.14. The summed E-state index contributed by atoms with van der Waals surface area (Å²) in [5.41, 5.74) is 1.44. The Kier molecular flexibility index (Phi) is 6.60. The lowest BCUT2D eigenvalue weighted by molar-refractivity contribution is -0.138. The summed E-state index contributed by atoms with van der Waals surface area (Å²) in [5, 5.41) is 12.2. The van der Waals surface area contributed by atoms with Gasteiger partial charge in [0.2, 0.25) is 5.91 Å². The van der Waals surface area contributed by atoms with Gasteiger partial charge < -0.3 is 10.0 Å². The van der Waals surface area contributed by atoms with E-state index in [-0.39, 0.29) is 18.7 Å². The van der Waals surface area contributed by atoms with Crippen molar-refractivity contribution in [2.24, 2.45) is 0 Å². The zero-order valence-corrected chi connectivity index (χ0v) is 15.3. The molecule has 0 saturated carbocycles. The molecule has 5 nitrogen and oxygen atoms in total. The molecule has 2 rings (SSSR count). The SMILES string of the molecule is CN(CCCC(=O)O)C(=O)Cc1csc(-c2ccc(Cl)cc2Cl)n1. The molecule has 0 saturated heterocycles. The van der Waals surface area contributed by atoms with E-state index in [2.05, 4.69) is 4.98 Å². The van der Waals surface area contributed by atoms with Gasteiger partial charge in [-0.2, -0.15) is 0 Å². The van der Waals surface area contributed by atoms with E-state index in [1.807, 2.05) is 5.38 Å². The van der Waals surface area contributed by atoms with Gasteiger partial charge in [0.25, 0.3) is 0 Å². The van der Waals surface area contributed by atoms with Crippen LogP contribution in [-0.2, 0) is 16.0 Å². The number of hydrogen-bond acceptors (Lipinski definition) is 4. The van der Waals surface area contributed by atoms with Gasteiger partial charge in [-0.15, -0.1) is 11.3 Å². The maximum absolute atomic E-state index is 12.1. The van der Waals surface area contributed by atoms with Crippen LogP contribution >= 0.6 is 34.5 Å². The third kappa shape index (κ3) is 5.19. The number of halogens is 2. The van der Waals surface area contributed by atoms with Gasteiger partial charge in [0.15, 0.2) is 0 Å². The Hall–Kier alpha value is -1.63. The van der Waals surface area contributed by atoms with Gasteiger partial charge in [-0.1, -0.05) is 23.2 Å². The van der Waals surface area contributed by atoms with E-state index >= 15 is 0 Å². The second kappa shape index (κ2) is 8.46. The highest BCUT2D eigenvalue weighted by Crippen LogP contribution is 2.32. The molecule has 128 valence electrons. The zero-order valence-electron chi connectivity index (χ0n) is 13.0. The maximum atomic E-state index is 12.1. The predicted octanol–water partition coefficient (Wildman–Crippen LogP) is 3.98. The molecule has 0 unspecified atom stereocenters. The normalized spacial score (nSPS) is 10.6. The Morgan fingerprint density at radius 1 is 1.33 bits per heavy atom. The van der Waals surface area contributed by atoms with E-state index in [1.165, 1.54) is 16.2 Å². The molecule has 0 aliphatic heterocycles. The van der Waals surface area contributed by atoms with E-state index in [1.54, 1.807) is 25.2 Å². The number of carbonyl (C=O) groups excluding carboxylic acids is 1. The lowest BCUT2D eigenvalue weighted by Crippen LogP contribution is -2.29. The van der Waals surface area contributed by atoms with Crippen LogP contribution in [0.5, 0.6) is 0 Å². The van der Waals surface area contributed by atoms with Crippen molar-refractivity contribution in [3.8, 4) is 10.6 Å². The van der Waals surface area contributed by atoms with Gasteiger partial charge in [0, 0.05) is 36.0 Å². The lowest BCUT2D eigenvalue weighted by atomic mass is 10.2. The maximum Gasteiger partial charge on any atom is 0.303 e. The topological polar surface area (TPSA) is 70.5 Å². The Morgan fingerprint density at radius 3 is 2.75 bits per heavy atom. The summed E-state index contributed by atoms with van der Waals surface area (Å²) in [4.78, 5) is 28.6. The van der Waals surface area contributed by atoms with Crippen LogP contribution in [0.4, 0.5) is 0 Å². The number of carbonyl (C=O) groups is 2. The van der Waals surface area contributed by atoms with Crippen LogP contribution in [0.15, 0.2) is 23.6 Å². The summed E-state index contributed by atoms with van der Waals surface area (Å²) >= 11 is 13.5. The molecule has 1 amide bonds. The van der Waals surface area contributed by atoms with Gasteiger partial charge in [0.05, 0.1) is 17.1 Å². The summed E-state index contributed by atoms with van der Waals surface area (Å²) in [6.45, 7) is 0.408. The van der Waals surface area contributed by atoms with Gasteiger partial charge in [-0.25, -0.2) is 4.98 Å². The molecule has 0 radical (unpaired) electrons. The molecule has 0 fully saturated rings. The monoisotopic (exact) mass is 386 g/mol. The molecule has 8 heteroatoms. The van der Waals surface area contributed by atoms with Crippen LogP contribution in [0.1, 0.15) is 18.5 Å². The van der Waals surface area contributed by atoms with Gasteiger partial charge in [-0.3, -0.25) is 9.59 Å². The molecule has 0 atom stereocenters. The Labute approximate surface area is 153 Å². The van der Waals surface area contributed by atoms with Crippen molar-refractivity contribution in [3.63, 3.8) is 0 Å².